The van der Waals surface area contributed by atoms with Crippen LogP contribution in [-0.2, 0) is 0 Å². The highest BCUT2D eigenvalue weighted by Gasteiger charge is 1.90. The van der Waals surface area contributed by atoms with Crippen LogP contribution in [0.25, 0.3) is 0 Å². The van der Waals surface area contributed by atoms with Crippen LogP contribution in [0.3, 0.4) is 0 Å². The van der Waals surface area contributed by atoms with Gasteiger partial charge in [-0.2, -0.15) is 0 Å². The van der Waals surface area contributed by atoms with Gasteiger partial charge >= 0.3 is 0 Å². The molecule has 0 aromatic rings. The first-order valence-corrected chi connectivity index (χ1v) is 4.17. The molecule has 0 bridgehead atoms. The van der Waals surface area contributed by atoms with Gasteiger partial charge in [-0.1, -0.05) is 20.4 Å². The molecule has 0 rings (SSSR count). The van der Waals surface area contributed by atoms with E-state index < -0.39 is 0 Å². The molecule has 0 saturated heterocycles. The lowest BCUT2D eigenvalue weighted by molar-refractivity contribution is 0.410. The first kappa shape index (κ1) is 13.1. The van der Waals surface area contributed by atoms with Crippen LogP contribution in [0, 0.1) is 0 Å². The number of nitrogens with zero attached hydrogens (tertiary/aromatic N) is 1. The summed E-state index contributed by atoms with van der Waals surface area (Å²) < 4.78 is 0. The number of rotatable bonds is 4. The number of hydrogen-bond donors (Lipinski definition) is 1. The summed E-state index contributed by atoms with van der Waals surface area (Å²) in [5, 5.41) is 3.00. The average molecular weight is 158 g/mol. The van der Waals surface area contributed by atoms with Gasteiger partial charge in [0.1, 0.15) is 0 Å². The summed E-state index contributed by atoms with van der Waals surface area (Å²) in [4.78, 5) is 2.14. The quantitative estimate of drug-likeness (QED) is 0.670. The molecule has 0 unspecified atom stereocenters. The lowest BCUT2D eigenvalue weighted by Crippen LogP contribution is -2.16. The minimum atomic E-state index is 1.03. The van der Waals surface area contributed by atoms with Crippen LogP contribution in [0.15, 0.2) is 12.3 Å². The highest BCUT2D eigenvalue weighted by Crippen LogP contribution is 1.91. The van der Waals surface area contributed by atoms with Crippen molar-refractivity contribution in [3.8, 4) is 0 Å². The molecule has 0 radical (unpaired) electrons. The minimum absolute atomic E-state index is 1.03. The zero-order valence-corrected chi connectivity index (χ0v) is 8.57. The zero-order valence-electron chi connectivity index (χ0n) is 8.57. The Kier molecular flexibility index (Phi) is 11.3. The van der Waals surface area contributed by atoms with Crippen molar-refractivity contribution < 1.29 is 0 Å². The second-order valence-electron chi connectivity index (χ2n) is 2.41. The molecular weight excluding hydrogens is 136 g/mol. The van der Waals surface area contributed by atoms with Crippen LogP contribution >= 0.6 is 0 Å². The van der Waals surface area contributed by atoms with Crippen LogP contribution in [0.2, 0.25) is 0 Å². The van der Waals surface area contributed by atoms with Crippen molar-refractivity contribution in [2.24, 2.45) is 0 Å². The smallest absolute Gasteiger partial charge is 0.00438 e. The van der Waals surface area contributed by atoms with Crippen LogP contribution in [0.5, 0.6) is 0 Å². The maximum Gasteiger partial charge on any atom is 0.00438 e. The van der Waals surface area contributed by atoms with Gasteiger partial charge in [-0.25, -0.2) is 0 Å². The Balaban J connectivity index is 0. The monoisotopic (exact) mass is 158 g/mol. The second kappa shape index (κ2) is 9.50. The van der Waals surface area contributed by atoms with Crippen molar-refractivity contribution in [3.63, 3.8) is 0 Å². The molecule has 0 heterocycles. The summed E-state index contributed by atoms with van der Waals surface area (Å²) in [6, 6.07) is 0. The Morgan fingerprint density at radius 3 is 2.09 bits per heavy atom. The molecular formula is C9H22N2. The predicted molar refractivity (Wildman–Crippen MR) is 52.7 cm³/mol. The van der Waals surface area contributed by atoms with Gasteiger partial charge in [-0.3, -0.25) is 0 Å². The molecule has 0 fully saturated rings. The number of nitrogens with one attached hydrogen (secondary N) is 1. The molecule has 2 heteroatoms. The molecule has 0 atom stereocenters. The molecule has 1 N–H and O–H groups in total. The van der Waals surface area contributed by atoms with E-state index in [0.29, 0.717) is 0 Å². The summed E-state index contributed by atoms with van der Waals surface area (Å²) >= 11 is 0. The second-order valence-corrected chi connectivity index (χ2v) is 2.41. The minimum Gasteiger partial charge on any atom is -0.392 e. The van der Waals surface area contributed by atoms with Crippen molar-refractivity contribution in [2.75, 3.05) is 27.7 Å². The van der Waals surface area contributed by atoms with E-state index in [-0.39, 0.29) is 0 Å². The third kappa shape index (κ3) is 12.6. The third-order valence-electron chi connectivity index (χ3n) is 1.21. The number of hydrogen-bond acceptors (Lipinski definition) is 2. The van der Waals surface area contributed by atoms with Gasteiger partial charge in [-0.15, -0.1) is 0 Å². The highest BCUT2D eigenvalue weighted by atomic mass is 15.1. The standard InChI is InChI=1S/C7H16N2.C2H6/c1-7(8-2)5-6-9(3)4;1-2/h8H,1,5-6H2,2-4H3;1-2H3. The summed E-state index contributed by atoms with van der Waals surface area (Å²) in [5.74, 6) is 0. The molecule has 68 valence electrons. The fraction of sp³-hybridized carbons (Fsp3) is 0.778. The van der Waals surface area contributed by atoms with E-state index in [4.69, 9.17) is 0 Å². The largest absolute Gasteiger partial charge is 0.392 e. The van der Waals surface area contributed by atoms with E-state index in [0.717, 1.165) is 18.7 Å². The van der Waals surface area contributed by atoms with E-state index in [2.05, 4.69) is 30.9 Å². The van der Waals surface area contributed by atoms with Crippen LogP contribution < -0.4 is 5.32 Å². The summed E-state index contributed by atoms with van der Waals surface area (Å²) in [7, 11) is 6.02. The van der Waals surface area contributed by atoms with Crippen molar-refractivity contribution >= 4 is 0 Å². The molecule has 0 aromatic heterocycles. The van der Waals surface area contributed by atoms with Crippen LogP contribution in [0.4, 0.5) is 0 Å². The Morgan fingerprint density at radius 1 is 1.36 bits per heavy atom. The van der Waals surface area contributed by atoms with Gasteiger partial charge in [0.2, 0.25) is 0 Å². The van der Waals surface area contributed by atoms with Gasteiger partial charge in [0, 0.05) is 19.3 Å². The van der Waals surface area contributed by atoms with Crippen molar-refractivity contribution in [1.29, 1.82) is 0 Å². The fourth-order valence-electron chi connectivity index (χ4n) is 0.484. The van der Waals surface area contributed by atoms with Gasteiger partial charge in [0.25, 0.3) is 0 Å². The van der Waals surface area contributed by atoms with Crippen LogP contribution in [-0.4, -0.2) is 32.6 Å². The van der Waals surface area contributed by atoms with E-state index in [1.54, 1.807) is 0 Å². The lowest BCUT2D eigenvalue weighted by atomic mass is 10.3. The van der Waals surface area contributed by atoms with Gasteiger partial charge in [0.15, 0.2) is 0 Å². The van der Waals surface area contributed by atoms with Gasteiger partial charge < -0.3 is 10.2 Å². The molecule has 0 amide bonds. The maximum absolute atomic E-state index is 3.81. The van der Waals surface area contributed by atoms with E-state index in [9.17, 15) is 0 Å². The average Bonchev–Trinajstić information content (AvgIpc) is 2.04. The third-order valence-corrected chi connectivity index (χ3v) is 1.21. The fourth-order valence-corrected chi connectivity index (χ4v) is 0.484. The summed E-state index contributed by atoms with van der Waals surface area (Å²) in [6.45, 7) is 8.88. The van der Waals surface area contributed by atoms with E-state index >= 15 is 0 Å². The Labute approximate surface area is 71.3 Å². The molecule has 0 saturated carbocycles. The van der Waals surface area contributed by atoms with Crippen molar-refractivity contribution in [2.45, 2.75) is 20.3 Å². The molecule has 0 aliphatic heterocycles. The Morgan fingerprint density at radius 2 is 1.82 bits per heavy atom. The first-order chi connectivity index (χ1) is 5.16. The Hall–Kier alpha value is -0.500. The predicted octanol–water partition coefficient (Wildman–Crippen LogP) is 1.70. The highest BCUT2D eigenvalue weighted by molar-refractivity contribution is 4.89. The molecule has 11 heavy (non-hydrogen) atoms. The first-order valence-electron chi connectivity index (χ1n) is 4.17. The molecule has 0 spiro atoms. The normalized spacial score (nSPS) is 8.55. The summed E-state index contributed by atoms with van der Waals surface area (Å²) in [5.41, 5.74) is 1.10. The van der Waals surface area contributed by atoms with Crippen LogP contribution in [0.1, 0.15) is 20.3 Å². The molecule has 0 aromatic carbocycles. The zero-order chi connectivity index (χ0) is 9.28. The van der Waals surface area contributed by atoms with E-state index in [1.807, 2.05) is 20.9 Å². The summed E-state index contributed by atoms with van der Waals surface area (Å²) in [6.07, 6.45) is 1.03. The van der Waals surface area contributed by atoms with Crippen molar-refractivity contribution in [3.05, 3.63) is 12.3 Å². The van der Waals surface area contributed by atoms with Crippen molar-refractivity contribution in [1.82, 2.24) is 10.2 Å². The van der Waals surface area contributed by atoms with E-state index in [1.165, 1.54) is 0 Å². The topological polar surface area (TPSA) is 15.3 Å². The Bertz CT molecular complexity index is 87.6. The SMILES string of the molecule is C=C(CCN(C)C)NC.CC. The molecule has 2 nitrogen and oxygen atoms in total. The molecule has 0 aliphatic carbocycles. The lowest BCUT2D eigenvalue weighted by Gasteiger charge is -2.09. The van der Waals surface area contributed by atoms with Gasteiger partial charge in [-0.05, 0) is 20.5 Å². The maximum atomic E-state index is 3.81. The molecule has 0 aliphatic rings. The van der Waals surface area contributed by atoms with Gasteiger partial charge in [0.05, 0.1) is 0 Å².